The fourth-order valence-electron chi connectivity index (χ4n) is 8.01. The second-order valence-corrected chi connectivity index (χ2v) is 12.3. The van der Waals surface area contributed by atoms with Gasteiger partial charge in [0.15, 0.2) is 18.0 Å². The molecule has 0 aromatic carbocycles. The summed E-state index contributed by atoms with van der Waals surface area (Å²) in [6, 6.07) is 0. The van der Waals surface area contributed by atoms with Gasteiger partial charge in [0, 0.05) is 36.2 Å². The third-order valence-corrected chi connectivity index (χ3v) is 10.7. The Morgan fingerprint density at radius 1 is 1.10 bits per heavy atom. The zero-order chi connectivity index (χ0) is 29.4. The van der Waals surface area contributed by atoms with Crippen molar-refractivity contribution in [2.45, 2.75) is 96.6 Å². The molecule has 0 unspecified atom stereocenters. The van der Waals surface area contributed by atoms with E-state index in [4.69, 9.17) is 26.2 Å². The van der Waals surface area contributed by atoms with E-state index in [-0.39, 0.29) is 49.4 Å². The van der Waals surface area contributed by atoms with Crippen LogP contribution in [0.5, 0.6) is 0 Å². The molecule has 39 heavy (non-hydrogen) atoms. The van der Waals surface area contributed by atoms with Gasteiger partial charge in [0.25, 0.3) is 0 Å². The van der Waals surface area contributed by atoms with E-state index in [1.165, 1.54) is 6.08 Å². The summed E-state index contributed by atoms with van der Waals surface area (Å²) in [7, 11) is 0. The number of ether oxygens (including phenoxy) is 2. The third kappa shape index (κ3) is 4.70. The second-order valence-electron chi connectivity index (χ2n) is 11.7. The normalized spacial score (nSPS) is 40.2. The van der Waals surface area contributed by atoms with E-state index in [9.17, 15) is 24.3 Å². The number of halogens is 1. The Balaban J connectivity index is 0.00000134. The van der Waals surface area contributed by atoms with Crippen LogP contribution in [0.15, 0.2) is 23.8 Å². The summed E-state index contributed by atoms with van der Waals surface area (Å²) >= 11 is 7.48. The smallest absolute Gasteiger partial charge is 0.306 e. The number of esters is 2. The number of allylic oxidation sites excluding steroid dienone is 4. The van der Waals surface area contributed by atoms with E-state index in [0.717, 1.165) is 5.57 Å². The number of alkyl halides is 1. The zero-order valence-electron chi connectivity index (χ0n) is 23.9. The molecule has 0 saturated heterocycles. The van der Waals surface area contributed by atoms with Crippen LogP contribution in [0, 0.1) is 28.6 Å². The first kappa shape index (κ1) is 31.5. The summed E-state index contributed by atoms with van der Waals surface area (Å²) in [6.07, 6.45) is 6.18. The zero-order valence-corrected chi connectivity index (χ0v) is 24.7. The van der Waals surface area contributed by atoms with E-state index >= 15 is 0 Å². The molecule has 4 aliphatic carbocycles. The number of hydrogen-bond donors (Lipinski definition) is 2. The lowest BCUT2D eigenvalue weighted by molar-refractivity contribution is -0.203. The molecule has 8 nitrogen and oxygen atoms in total. The van der Waals surface area contributed by atoms with Gasteiger partial charge in [0.05, 0.1) is 11.0 Å². The Kier molecular flexibility index (Phi) is 9.25. The van der Waals surface area contributed by atoms with E-state index < -0.39 is 51.7 Å². The van der Waals surface area contributed by atoms with Crippen molar-refractivity contribution in [3.05, 3.63) is 23.8 Å². The highest BCUT2D eigenvalue weighted by molar-refractivity contribution is 6.26. The number of hydrogen-bond acceptors (Lipinski definition) is 8. The van der Waals surface area contributed by atoms with Gasteiger partial charge in [-0.2, -0.15) is 0 Å². The van der Waals surface area contributed by atoms with Gasteiger partial charge in [-0.05, 0) is 56.6 Å². The molecule has 0 bridgehead atoms. The SMILES string of the molecule is CCC(=O)OCC(=O)[C@@]1(OC(=O)CC)[C@@H](C)C[C@H]2[C@@H]3CCC4=CC(=O)C=C[C@]4(C)[C@@]3(Cl)[C@@H](O)C[C@@]21C.CCO. The number of aliphatic hydroxyl groups excluding tert-OH is 2. The standard InChI is InChI=1S/C28H37ClO7.C2H6O/c1-6-23(33)35-15-22(32)28(36-24(34)7-2)16(3)12-20-19-9-8-17-13-18(30)10-11-25(17,4)27(19,29)21(31)14-26(20,28)5;1-2-3/h10-11,13,16,19-21,31H,6-9,12,14-15H2,1-5H3;3H,2H2,1H3/t16-,19-,20-,21-,25-,26-,27-,28-;/m0./s1. The molecule has 3 saturated carbocycles. The molecule has 0 heterocycles. The molecule has 8 atom stereocenters. The molecule has 218 valence electrons. The average molecular weight is 567 g/mol. The summed E-state index contributed by atoms with van der Waals surface area (Å²) in [5.41, 5.74) is -2.27. The Labute approximate surface area is 236 Å². The number of fused-ring (bicyclic) bond motifs is 5. The number of carbonyl (C=O) groups excluding carboxylic acids is 4. The lowest BCUT2D eigenvalue weighted by Gasteiger charge is -2.64. The van der Waals surface area contributed by atoms with Crippen molar-refractivity contribution in [1.29, 1.82) is 0 Å². The second kappa shape index (κ2) is 11.5. The summed E-state index contributed by atoms with van der Waals surface area (Å²) in [5, 5.41) is 19.3. The van der Waals surface area contributed by atoms with Crippen LogP contribution in [0.1, 0.15) is 80.1 Å². The number of carbonyl (C=O) groups is 4. The molecule has 0 spiro atoms. The maximum atomic E-state index is 13.9. The minimum Gasteiger partial charge on any atom is -0.457 e. The summed E-state index contributed by atoms with van der Waals surface area (Å²) in [5.74, 6) is -2.24. The molecule has 0 aliphatic heterocycles. The summed E-state index contributed by atoms with van der Waals surface area (Å²) < 4.78 is 11.3. The number of rotatable bonds is 6. The van der Waals surface area contributed by atoms with Crippen molar-refractivity contribution in [2.75, 3.05) is 13.2 Å². The number of ketones is 2. The van der Waals surface area contributed by atoms with Crippen molar-refractivity contribution < 1.29 is 38.9 Å². The van der Waals surface area contributed by atoms with E-state index in [1.807, 2.05) is 26.8 Å². The molecular weight excluding hydrogens is 524 g/mol. The van der Waals surface area contributed by atoms with Crippen molar-refractivity contribution >= 4 is 35.1 Å². The van der Waals surface area contributed by atoms with Gasteiger partial charge in [-0.1, -0.05) is 46.3 Å². The fourth-order valence-corrected chi connectivity index (χ4v) is 8.53. The molecule has 0 aromatic heterocycles. The first-order chi connectivity index (χ1) is 18.2. The van der Waals surface area contributed by atoms with Gasteiger partial charge >= 0.3 is 11.9 Å². The predicted molar refractivity (Wildman–Crippen MR) is 146 cm³/mol. The molecule has 2 N–H and O–H groups in total. The predicted octanol–water partition coefficient (Wildman–Crippen LogP) is 4.09. The minimum absolute atomic E-state index is 0.0801. The van der Waals surface area contributed by atoms with Crippen LogP contribution in [0.4, 0.5) is 0 Å². The van der Waals surface area contributed by atoms with Crippen LogP contribution < -0.4 is 0 Å². The Bertz CT molecular complexity index is 1070. The van der Waals surface area contributed by atoms with Gasteiger partial charge in [0.1, 0.15) is 0 Å². The van der Waals surface area contributed by atoms with E-state index in [0.29, 0.717) is 19.3 Å². The highest BCUT2D eigenvalue weighted by Crippen LogP contribution is 2.72. The summed E-state index contributed by atoms with van der Waals surface area (Å²) in [6.45, 7) is 10.5. The number of Topliss-reactive ketones (excluding diaryl/α,β-unsaturated/α-hetero) is 1. The lowest BCUT2D eigenvalue weighted by atomic mass is 9.45. The highest BCUT2D eigenvalue weighted by Gasteiger charge is 2.76. The van der Waals surface area contributed by atoms with Crippen molar-refractivity contribution in [3.63, 3.8) is 0 Å². The van der Waals surface area contributed by atoms with Crippen molar-refractivity contribution in [2.24, 2.45) is 28.6 Å². The largest absolute Gasteiger partial charge is 0.457 e. The maximum Gasteiger partial charge on any atom is 0.306 e. The Hall–Kier alpha value is -2.03. The molecule has 0 amide bonds. The average Bonchev–Trinajstić information content (AvgIpc) is 3.10. The van der Waals surface area contributed by atoms with Crippen LogP contribution in [-0.4, -0.2) is 63.5 Å². The topological polar surface area (TPSA) is 127 Å². The highest BCUT2D eigenvalue weighted by atomic mass is 35.5. The number of aliphatic hydroxyl groups is 2. The minimum atomic E-state index is -1.55. The molecule has 0 aromatic rings. The summed E-state index contributed by atoms with van der Waals surface area (Å²) in [4.78, 5) is 49.5. The van der Waals surface area contributed by atoms with E-state index in [2.05, 4.69) is 0 Å². The van der Waals surface area contributed by atoms with Crippen molar-refractivity contribution in [1.82, 2.24) is 0 Å². The van der Waals surface area contributed by atoms with Crippen LogP contribution in [0.25, 0.3) is 0 Å². The Morgan fingerprint density at radius 3 is 2.31 bits per heavy atom. The van der Waals surface area contributed by atoms with Crippen LogP contribution in [0.2, 0.25) is 0 Å². The van der Waals surface area contributed by atoms with Crippen LogP contribution in [-0.2, 0) is 28.7 Å². The molecular formula is C30H43ClO8. The fraction of sp³-hybridized carbons (Fsp3) is 0.733. The van der Waals surface area contributed by atoms with E-state index in [1.54, 1.807) is 26.8 Å². The first-order valence-electron chi connectivity index (χ1n) is 14.1. The molecule has 4 rings (SSSR count). The van der Waals surface area contributed by atoms with Gasteiger partial charge < -0.3 is 19.7 Å². The molecule has 3 fully saturated rings. The monoisotopic (exact) mass is 566 g/mol. The third-order valence-electron chi connectivity index (χ3n) is 9.81. The van der Waals surface area contributed by atoms with Crippen LogP contribution in [0.3, 0.4) is 0 Å². The molecule has 0 radical (unpaired) electrons. The van der Waals surface area contributed by atoms with Gasteiger partial charge in [-0.15, -0.1) is 11.6 Å². The Morgan fingerprint density at radius 2 is 1.72 bits per heavy atom. The molecule has 9 heteroatoms. The van der Waals surface area contributed by atoms with Gasteiger partial charge in [-0.3, -0.25) is 19.2 Å². The lowest BCUT2D eigenvalue weighted by Crippen LogP contribution is -2.69. The van der Waals surface area contributed by atoms with Crippen LogP contribution >= 0.6 is 11.6 Å². The quantitative estimate of drug-likeness (QED) is 0.363. The first-order valence-corrected chi connectivity index (χ1v) is 14.4. The maximum absolute atomic E-state index is 13.9. The van der Waals surface area contributed by atoms with Crippen molar-refractivity contribution in [3.8, 4) is 0 Å². The van der Waals surface area contributed by atoms with Gasteiger partial charge in [0.2, 0.25) is 5.78 Å². The molecule has 4 aliphatic rings. The van der Waals surface area contributed by atoms with Gasteiger partial charge in [-0.25, -0.2) is 0 Å².